The van der Waals surface area contributed by atoms with Crippen molar-refractivity contribution in [2.45, 2.75) is 76.9 Å². The molecule has 0 spiro atoms. The summed E-state index contributed by atoms with van der Waals surface area (Å²) in [6, 6.07) is 14.0. The SMILES string of the molecule is CC(C)NCC1(COc2cccc3ccccc23)OC(=O)CCCCCCCCC1=O. The first-order valence-electron chi connectivity index (χ1n) is 11.6. The maximum atomic E-state index is 13.4. The van der Waals surface area contributed by atoms with E-state index >= 15 is 0 Å². The summed E-state index contributed by atoms with van der Waals surface area (Å²) in [5.74, 6) is 0.313. The number of hydrogen-bond donors (Lipinski definition) is 1. The molecule has 0 bridgehead atoms. The Kier molecular flexibility index (Phi) is 8.47. The molecule has 1 unspecified atom stereocenters. The highest BCUT2D eigenvalue weighted by atomic mass is 16.6. The van der Waals surface area contributed by atoms with Gasteiger partial charge in [-0.15, -0.1) is 0 Å². The molecule has 1 aliphatic heterocycles. The van der Waals surface area contributed by atoms with Gasteiger partial charge in [-0.1, -0.05) is 75.9 Å². The minimum Gasteiger partial charge on any atom is -0.488 e. The number of ether oxygens (including phenoxy) is 2. The van der Waals surface area contributed by atoms with Gasteiger partial charge in [0.25, 0.3) is 0 Å². The van der Waals surface area contributed by atoms with Crippen LogP contribution < -0.4 is 10.1 Å². The van der Waals surface area contributed by atoms with Gasteiger partial charge in [-0.25, -0.2) is 0 Å². The first kappa shape index (κ1) is 23.3. The molecule has 1 atom stereocenters. The van der Waals surface area contributed by atoms with E-state index in [2.05, 4.69) is 5.32 Å². The van der Waals surface area contributed by atoms with E-state index in [-0.39, 0.29) is 30.9 Å². The predicted molar refractivity (Wildman–Crippen MR) is 123 cm³/mol. The molecule has 0 saturated carbocycles. The molecule has 1 saturated heterocycles. The number of benzene rings is 2. The van der Waals surface area contributed by atoms with E-state index < -0.39 is 5.60 Å². The predicted octanol–water partition coefficient (Wildman–Crippen LogP) is 5.20. The maximum Gasteiger partial charge on any atom is 0.306 e. The van der Waals surface area contributed by atoms with Crippen LogP contribution in [0.1, 0.15) is 65.2 Å². The van der Waals surface area contributed by atoms with Gasteiger partial charge >= 0.3 is 5.97 Å². The second kappa shape index (κ2) is 11.3. The van der Waals surface area contributed by atoms with Gasteiger partial charge in [-0.05, 0) is 24.3 Å². The van der Waals surface area contributed by atoms with Crippen LogP contribution in [0.15, 0.2) is 42.5 Å². The summed E-state index contributed by atoms with van der Waals surface area (Å²) in [4.78, 5) is 26.1. The van der Waals surface area contributed by atoms with Crippen molar-refractivity contribution in [3.05, 3.63) is 42.5 Å². The highest BCUT2D eigenvalue weighted by Crippen LogP contribution is 2.28. The molecule has 1 heterocycles. The van der Waals surface area contributed by atoms with E-state index in [0.29, 0.717) is 18.6 Å². The fourth-order valence-corrected chi connectivity index (χ4v) is 4.00. The van der Waals surface area contributed by atoms with Crippen molar-refractivity contribution in [3.8, 4) is 5.75 Å². The Balaban J connectivity index is 1.87. The molecule has 168 valence electrons. The average Bonchev–Trinajstić information content (AvgIpc) is 2.76. The smallest absolute Gasteiger partial charge is 0.306 e. The summed E-state index contributed by atoms with van der Waals surface area (Å²) < 4.78 is 12.1. The number of carbonyl (C=O) groups excluding carboxylic acids is 2. The fourth-order valence-electron chi connectivity index (χ4n) is 4.00. The van der Waals surface area contributed by atoms with Crippen LogP contribution in [-0.4, -0.2) is 36.5 Å². The zero-order valence-electron chi connectivity index (χ0n) is 18.8. The highest BCUT2D eigenvalue weighted by Gasteiger charge is 2.43. The molecule has 1 aliphatic rings. The lowest BCUT2D eigenvalue weighted by Gasteiger charge is -2.33. The fraction of sp³-hybridized carbons (Fsp3) is 0.538. The summed E-state index contributed by atoms with van der Waals surface area (Å²) >= 11 is 0. The first-order valence-corrected chi connectivity index (χ1v) is 11.6. The number of rotatable bonds is 6. The number of carbonyl (C=O) groups is 2. The molecule has 0 radical (unpaired) electrons. The average molecular weight is 426 g/mol. The van der Waals surface area contributed by atoms with Crippen LogP contribution in [0.4, 0.5) is 0 Å². The van der Waals surface area contributed by atoms with Gasteiger partial charge in [-0.2, -0.15) is 0 Å². The topological polar surface area (TPSA) is 64.6 Å². The second-order valence-corrected chi connectivity index (χ2v) is 8.81. The molecule has 0 amide bonds. The normalized spacial score (nSPS) is 21.4. The van der Waals surface area contributed by atoms with E-state index in [1.807, 2.05) is 56.3 Å². The van der Waals surface area contributed by atoms with Gasteiger partial charge in [0.2, 0.25) is 5.60 Å². The molecule has 5 heteroatoms. The van der Waals surface area contributed by atoms with Crippen LogP contribution in [0.25, 0.3) is 10.8 Å². The lowest BCUT2D eigenvalue weighted by atomic mass is 9.93. The van der Waals surface area contributed by atoms with Crippen LogP contribution in [0, 0.1) is 0 Å². The third-order valence-corrected chi connectivity index (χ3v) is 5.86. The Bertz CT molecular complexity index is 873. The van der Waals surface area contributed by atoms with Crippen LogP contribution >= 0.6 is 0 Å². The zero-order valence-corrected chi connectivity index (χ0v) is 18.8. The van der Waals surface area contributed by atoms with E-state index in [9.17, 15) is 9.59 Å². The number of cyclic esters (lactones) is 1. The van der Waals surface area contributed by atoms with Crippen LogP contribution in [0.2, 0.25) is 0 Å². The third-order valence-electron chi connectivity index (χ3n) is 5.86. The van der Waals surface area contributed by atoms with Crippen molar-refractivity contribution in [3.63, 3.8) is 0 Å². The maximum absolute atomic E-state index is 13.4. The van der Waals surface area contributed by atoms with Crippen molar-refractivity contribution >= 4 is 22.5 Å². The van der Waals surface area contributed by atoms with E-state index in [0.717, 1.165) is 49.3 Å². The molecular formula is C26H35NO4. The summed E-state index contributed by atoms with van der Waals surface area (Å²) in [5.41, 5.74) is -1.32. The van der Waals surface area contributed by atoms with E-state index in [4.69, 9.17) is 9.47 Å². The zero-order chi connectivity index (χ0) is 22.1. The Morgan fingerprint density at radius 3 is 2.39 bits per heavy atom. The lowest BCUT2D eigenvalue weighted by molar-refractivity contribution is -0.171. The number of hydrogen-bond acceptors (Lipinski definition) is 5. The standard InChI is InChI=1S/C26H35NO4/c1-20(2)27-18-26(19-30-23-15-11-13-21-12-9-10-14-22(21)23)24(28)16-7-5-3-4-6-8-17-25(29)31-26/h9-15,20,27H,3-8,16-19H2,1-2H3. The number of Topliss-reactive ketones (excluding diaryl/α,β-unsaturated/α-hetero) is 1. The molecule has 1 N–H and O–H groups in total. The summed E-state index contributed by atoms with van der Waals surface area (Å²) in [6.07, 6.45) is 6.60. The Morgan fingerprint density at radius 2 is 1.61 bits per heavy atom. The quantitative estimate of drug-likeness (QED) is 0.644. The van der Waals surface area contributed by atoms with E-state index in [1.165, 1.54) is 0 Å². The Morgan fingerprint density at radius 1 is 0.935 bits per heavy atom. The van der Waals surface area contributed by atoms with Crippen LogP contribution in [0.3, 0.4) is 0 Å². The van der Waals surface area contributed by atoms with E-state index in [1.54, 1.807) is 0 Å². The monoisotopic (exact) mass is 425 g/mol. The van der Waals surface area contributed by atoms with Crippen molar-refractivity contribution < 1.29 is 19.1 Å². The minimum absolute atomic E-state index is 0.00526. The first-order chi connectivity index (χ1) is 15.0. The second-order valence-electron chi connectivity index (χ2n) is 8.81. The molecule has 0 aromatic heterocycles. The molecule has 5 nitrogen and oxygen atoms in total. The molecular weight excluding hydrogens is 390 g/mol. The van der Waals surface area contributed by atoms with Gasteiger partial charge in [0.15, 0.2) is 5.78 Å². The van der Waals surface area contributed by atoms with Crippen molar-refractivity contribution in [1.82, 2.24) is 5.32 Å². The molecule has 31 heavy (non-hydrogen) atoms. The molecule has 0 aliphatic carbocycles. The van der Waals surface area contributed by atoms with Gasteiger partial charge in [0.1, 0.15) is 12.4 Å². The van der Waals surface area contributed by atoms with Gasteiger partial charge in [-0.3, -0.25) is 9.59 Å². The third kappa shape index (κ3) is 6.54. The molecule has 1 fully saturated rings. The van der Waals surface area contributed by atoms with Crippen LogP contribution in [0.5, 0.6) is 5.75 Å². The van der Waals surface area contributed by atoms with Crippen LogP contribution in [-0.2, 0) is 14.3 Å². The molecule has 2 aromatic carbocycles. The Hall–Kier alpha value is -2.40. The number of fused-ring (bicyclic) bond motifs is 1. The summed E-state index contributed by atoms with van der Waals surface area (Å²) in [7, 11) is 0. The summed E-state index contributed by atoms with van der Waals surface area (Å²) in [5, 5.41) is 5.36. The van der Waals surface area contributed by atoms with Crippen molar-refractivity contribution in [1.29, 1.82) is 0 Å². The summed E-state index contributed by atoms with van der Waals surface area (Å²) in [6.45, 7) is 4.28. The lowest BCUT2D eigenvalue weighted by Crippen LogP contribution is -2.56. The number of esters is 1. The largest absolute Gasteiger partial charge is 0.488 e. The van der Waals surface area contributed by atoms with Gasteiger partial charge < -0.3 is 14.8 Å². The number of ketones is 1. The minimum atomic E-state index is -1.32. The van der Waals surface area contributed by atoms with Crippen molar-refractivity contribution in [2.24, 2.45) is 0 Å². The molecule has 2 aromatic rings. The molecule has 3 rings (SSSR count). The van der Waals surface area contributed by atoms with Gasteiger partial charge in [0.05, 0.1) is 0 Å². The Labute approximate surface area is 185 Å². The number of nitrogens with one attached hydrogen (secondary N) is 1. The van der Waals surface area contributed by atoms with Crippen molar-refractivity contribution in [2.75, 3.05) is 13.2 Å². The highest BCUT2D eigenvalue weighted by molar-refractivity contribution is 5.91. The van der Waals surface area contributed by atoms with Gasteiger partial charge in [0, 0.05) is 30.8 Å².